The molecule has 2 aromatic heterocycles. The maximum atomic E-state index is 12.0. The minimum Gasteiger partial charge on any atom is -0.449 e. The third-order valence-electron chi connectivity index (χ3n) is 7.56. The third-order valence-corrected chi connectivity index (χ3v) is 7.83. The number of hydrogen-bond donors (Lipinski definition) is 2. The van der Waals surface area contributed by atoms with Crippen molar-refractivity contribution in [3.05, 3.63) is 23.1 Å². The van der Waals surface area contributed by atoms with Gasteiger partial charge in [0.15, 0.2) is 0 Å². The lowest BCUT2D eigenvalue weighted by Gasteiger charge is -2.36. The van der Waals surface area contributed by atoms with Crippen LogP contribution in [0, 0.1) is 6.92 Å². The first-order valence-electron chi connectivity index (χ1n) is 12.7. The monoisotopic (exact) mass is 502 g/mol. The number of nitrogens with zero attached hydrogens (tertiary/aromatic N) is 6. The molecule has 0 radical (unpaired) electrons. The zero-order valence-electron chi connectivity index (χ0n) is 20.5. The van der Waals surface area contributed by atoms with Crippen LogP contribution >= 0.6 is 11.6 Å². The maximum absolute atomic E-state index is 12.0. The van der Waals surface area contributed by atoms with E-state index in [1.54, 1.807) is 11.1 Å². The molecule has 0 aromatic carbocycles. The number of rotatable bonds is 8. The number of aryl methyl sites for hydroxylation is 1. The number of carbonyl (C=O) groups excluding carboxylic acids is 1. The predicted octanol–water partition coefficient (Wildman–Crippen LogP) is 4.21. The quantitative estimate of drug-likeness (QED) is 0.518. The van der Waals surface area contributed by atoms with Crippen LogP contribution in [0.4, 0.5) is 22.2 Å². The van der Waals surface area contributed by atoms with E-state index in [-0.39, 0.29) is 6.09 Å². The van der Waals surface area contributed by atoms with E-state index >= 15 is 0 Å². The molecule has 3 fully saturated rings. The standard InChI is InChI=1S/C24H35ClN8O2/c1-16-21(15-33(30-16)19-12-17-6-7-18(13-19)31(17)2)28-23-27-14-20(25)22(29-23)26-8-5-10-32-9-3-4-11-35-24(32)34/h14-15,17-19H,3-13H2,1-2H3,(H2,26,27,28,29). The van der Waals surface area contributed by atoms with E-state index in [0.29, 0.717) is 54.6 Å². The van der Waals surface area contributed by atoms with Crippen LogP contribution in [-0.2, 0) is 4.74 Å². The zero-order chi connectivity index (χ0) is 24.4. The Labute approximate surface area is 211 Å². The van der Waals surface area contributed by atoms with Crippen molar-refractivity contribution in [1.29, 1.82) is 0 Å². The first kappa shape index (κ1) is 24.1. The summed E-state index contributed by atoms with van der Waals surface area (Å²) in [5.41, 5.74) is 1.83. The van der Waals surface area contributed by atoms with Crippen molar-refractivity contribution in [3.63, 3.8) is 0 Å². The predicted molar refractivity (Wildman–Crippen MR) is 135 cm³/mol. The fraction of sp³-hybridized carbons (Fsp3) is 0.667. The first-order chi connectivity index (χ1) is 17.0. The molecule has 2 bridgehead atoms. The fourth-order valence-corrected chi connectivity index (χ4v) is 5.65. The second-order valence-electron chi connectivity index (χ2n) is 9.89. The van der Waals surface area contributed by atoms with Crippen LogP contribution in [0.1, 0.15) is 56.7 Å². The molecular formula is C24H35ClN8O2. The van der Waals surface area contributed by atoms with E-state index in [0.717, 1.165) is 50.0 Å². The number of cyclic esters (lactones) is 1. The van der Waals surface area contributed by atoms with Crippen molar-refractivity contribution in [1.82, 2.24) is 29.5 Å². The molecule has 2 aromatic rings. The van der Waals surface area contributed by atoms with Gasteiger partial charge in [-0.25, -0.2) is 9.78 Å². The van der Waals surface area contributed by atoms with Crippen molar-refractivity contribution in [2.45, 2.75) is 70.0 Å². The molecule has 0 aliphatic carbocycles. The van der Waals surface area contributed by atoms with Gasteiger partial charge in [0.1, 0.15) is 10.8 Å². The lowest BCUT2D eigenvalue weighted by Crippen LogP contribution is -2.40. The van der Waals surface area contributed by atoms with E-state index in [9.17, 15) is 4.79 Å². The summed E-state index contributed by atoms with van der Waals surface area (Å²) in [6, 6.07) is 1.76. The van der Waals surface area contributed by atoms with Crippen LogP contribution in [-0.4, -0.2) is 81.0 Å². The molecule has 5 heterocycles. The second kappa shape index (κ2) is 10.6. The van der Waals surface area contributed by atoms with Crippen molar-refractivity contribution in [3.8, 4) is 0 Å². The molecule has 2 N–H and O–H groups in total. The van der Waals surface area contributed by atoms with E-state index in [2.05, 4.69) is 43.4 Å². The van der Waals surface area contributed by atoms with E-state index < -0.39 is 0 Å². The molecule has 190 valence electrons. The Bertz CT molecular complexity index is 1030. The van der Waals surface area contributed by atoms with Crippen LogP contribution < -0.4 is 10.6 Å². The fourth-order valence-electron chi connectivity index (χ4n) is 5.49. The number of nitrogens with one attached hydrogen (secondary N) is 2. The number of hydrogen-bond acceptors (Lipinski definition) is 8. The minimum atomic E-state index is -0.224. The van der Waals surface area contributed by atoms with Crippen LogP contribution in [0.15, 0.2) is 12.4 Å². The normalized spacial score (nSPS) is 24.8. The van der Waals surface area contributed by atoms with Crippen LogP contribution in [0.3, 0.4) is 0 Å². The summed E-state index contributed by atoms with van der Waals surface area (Å²) in [5.74, 6) is 1.04. The van der Waals surface area contributed by atoms with E-state index in [1.807, 2.05) is 6.92 Å². The van der Waals surface area contributed by atoms with Crippen molar-refractivity contribution in [2.75, 3.05) is 43.9 Å². The van der Waals surface area contributed by atoms with Crippen molar-refractivity contribution < 1.29 is 9.53 Å². The van der Waals surface area contributed by atoms with Gasteiger partial charge in [-0.2, -0.15) is 10.1 Å². The molecule has 35 heavy (non-hydrogen) atoms. The highest BCUT2D eigenvalue weighted by atomic mass is 35.5. The minimum absolute atomic E-state index is 0.224. The Kier molecular flexibility index (Phi) is 7.29. The van der Waals surface area contributed by atoms with Crippen LogP contribution in [0.2, 0.25) is 5.02 Å². The highest BCUT2D eigenvalue weighted by Gasteiger charge is 2.39. The molecule has 1 amide bonds. The molecule has 3 saturated heterocycles. The molecule has 5 rings (SSSR count). The Hall–Kier alpha value is -2.59. The molecule has 3 aliphatic heterocycles. The van der Waals surface area contributed by atoms with Crippen molar-refractivity contribution in [2.24, 2.45) is 0 Å². The Morgan fingerprint density at radius 3 is 2.80 bits per heavy atom. The van der Waals surface area contributed by atoms with Gasteiger partial charge in [0.05, 0.1) is 30.2 Å². The van der Waals surface area contributed by atoms with E-state index in [1.165, 1.54) is 12.8 Å². The van der Waals surface area contributed by atoms with Crippen LogP contribution in [0.5, 0.6) is 0 Å². The summed E-state index contributed by atoms with van der Waals surface area (Å²) in [6.45, 7) is 4.53. The number of piperidine rings is 1. The number of ether oxygens (including phenoxy) is 1. The molecule has 11 heteroatoms. The van der Waals surface area contributed by atoms with Gasteiger partial charge in [0.25, 0.3) is 0 Å². The molecule has 2 atom stereocenters. The SMILES string of the molecule is Cc1nn(C2CC3CCC(C2)N3C)cc1Nc1ncc(Cl)c(NCCCN2CCCCOC2=O)n1. The van der Waals surface area contributed by atoms with Gasteiger partial charge in [-0.05, 0) is 58.9 Å². The molecule has 2 unspecified atom stereocenters. The number of amides is 1. The average Bonchev–Trinajstić information content (AvgIpc) is 3.18. The molecule has 10 nitrogen and oxygen atoms in total. The smallest absolute Gasteiger partial charge is 0.409 e. The van der Waals surface area contributed by atoms with Gasteiger partial charge in [0, 0.05) is 37.9 Å². The van der Waals surface area contributed by atoms with Gasteiger partial charge in [-0.3, -0.25) is 4.68 Å². The van der Waals surface area contributed by atoms with E-state index in [4.69, 9.17) is 21.4 Å². The first-order valence-corrected chi connectivity index (χ1v) is 13.1. The van der Waals surface area contributed by atoms with Gasteiger partial charge in [-0.1, -0.05) is 11.6 Å². The van der Waals surface area contributed by atoms with Gasteiger partial charge in [0.2, 0.25) is 5.95 Å². The number of aromatic nitrogens is 4. The summed E-state index contributed by atoms with van der Waals surface area (Å²) >= 11 is 6.33. The largest absolute Gasteiger partial charge is 0.449 e. The van der Waals surface area contributed by atoms with Gasteiger partial charge < -0.3 is 25.2 Å². The lowest BCUT2D eigenvalue weighted by atomic mass is 9.98. The summed E-state index contributed by atoms with van der Waals surface area (Å²) in [7, 11) is 2.26. The zero-order valence-corrected chi connectivity index (χ0v) is 21.3. The number of carbonyl (C=O) groups is 1. The molecule has 3 aliphatic rings. The summed E-state index contributed by atoms with van der Waals surface area (Å²) < 4.78 is 7.32. The highest BCUT2D eigenvalue weighted by molar-refractivity contribution is 6.32. The van der Waals surface area contributed by atoms with Crippen molar-refractivity contribution >= 4 is 35.1 Å². The number of anilines is 3. The number of fused-ring (bicyclic) bond motifs is 2. The maximum Gasteiger partial charge on any atom is 0.409 e. The van der Waals surface area contributed by atoms with Gasteiger partial charge >= 0.3 is 6.09 Å². The van der Waals surface area contributed by atoms with Gasteiger partial charge in [-0.15, -0.1) is 0 Å². The number of halogens is 1. The third kappa shape index (κ3) is 5.48. The highest BCUT2D eigenvalue weighted by Crippen LogP contribution is 2.40. The topological polar surface area (TPSA) is 100 Å². The Morgan fingerprint density at radius 2 is 2.00 bits per heavy atom. The summed E-state index contributed by atoms with van der Waals surface area (Å²) in [6.07, 6.45) is 11.0. The average molecular weight is 503 g/mol. The molecular weight excluding hydrogens is 468 g/mol. The summed E-state index contributed by atoms with van der Waals surface area (Å²) in [4.78, 5) is 25.2. The lowest BCUT2D eigenvalue weighted by molar-refractivity contribution is 0.116. The second-order valence-corrected chi connectivity index (χ2v) is 10.3. The van der Waals surface area contributed by atoms with Crippen LogP contribution in [0.25, 0.3) is 0 Å². The Morgan fingerprint density at radius 1 is 1.20 bits per heavy atom. The summed E-state index contributed by atoms with van der Waals surface area (Å²) in [5, 5.41) is 11.9. The molecule has 0 saturated carbocycles. The Balaban J connectivity index is 1.17. The molecule has 0 spiro atoms.